The molecule has 1 aromatic carbocycles. The summed E-state index contributed by atoms with van der Waals surface area (Å²) in [4.78, 5) is 37.8. The monoisotopic (exact) mass is 546 g/mol. The van der Waals surface area contributed by atoms with Gasteiger partial charge in [0.2, 0.25) is 5.91 Å². The number of hydrogen-bond acceptors (Lipinski definition) is 5. The molecule has 1 saturated heterocycles. The van der Waals surface area contributed by atoms with E-state index in [0.717, 1.165) is 26.7 Å². The minimum atomic E-state index is -0.512. The van der Waals surface area contributed by atoms with Gasteiger partial charge in [-0.2, -0.15) is 0 Å². The van der Waals surface area contributed by atoms with Crippen LogP contribution in [0.25, 0.3) is 6.08 Å². The first-order chi connectivity index (χ1) is 12.3. The Morgan fingerprint density at radius 1 is 1.35 bits per heavy atom. The highest BCUT2D eigenvalue weighted by molar-refractivity contribution is 14.1. The number of thioether (sulfide) groups is 1. The van der Waals surface area contributed by atoms with E-state index in [4.69, 9.17) is 4.42 Å². The lowest BCUT2D eigenvalue weighted by molar-refractivity contribution is -0.127. The molecule has 0 atom stereocenters. The number of carbonyl (C=O) groups is 3. The molecular weight excluding hydrogens is 535 g/mol. The van der Waals surface area contributed by atoms with Crippen LogP contribution in [0.15, 0.2) is 44.1 Å². The third-order valence-corrected chi connectivity index (χ3v) is 6.49. The number of rotatable bonds is 4. The summed E-state index contributed by atoms with van der Waals surface area (Å²) in [5.41, 5.74) is 1.68. The highest BCUT2D eigenvalue weighted by Crippen LogP contribution is 2.33. The number of anilines is 1. The minimum absolute atomic E-state index is 0.218. The van der Waals surface area contributed by atoms with Crippen molar-refractivity contribution in [2.75, 3.05) is 11.9 Å². The van der Waals surface area contributed by atoms with Gasteiger partial charge in [-0.05, 0) is 52.8 Å². The smallest absolute Gasteiger partial charge is 0.294 e. The molecular formula is C17H12BrIN2O4S. The number of imide groups is 1. The van der Waals surface area contributed by atoms with Gasteiger partial charge in [-0.1, -0.05) is 17.7 Å². The maximum atomic E-state index is 12.4. The summed E-state index contributed by atoms with van der Waals surface area (Å²) in [6.45, 7) is 1.60. The lowest BCUT2D eigenvalue weighted by Crippen LogP contribution is -2.36. The molecule has 6 nitrogen and oxygen atoms in total. The van der Waals surface area contributed by atoms with E-state index in [9.17, 15) is 14.4 Å². The van der Waals surface area contributed by atoms with E-state index in [2.05, 4.69) is 21.2 Å². The molecule has 0 radical (unpaired) electrons. The predicted molar refractivity (Wildman–Crippen MR) is 112 cm³/mol. The third kappa shape index (κ3) is 4.38. The number of nitrogens with zero attached hydrogens (tertiary/aromatic N) is 1. The fourth-order valence-electron chi connectivity index (χ4n) is 2.18. The van der Waals surface area contributed by atoms with Crippen molar-refractivity contribution in [2.45, 2.75) is 6.92 Å². The molecule has 9 heteroatoms. The second-order valence-electron chi connectivity index (χ2n) is 5.45. The largest absolute Gasteiger partial charge is 0.450 e. The van der Waals surface area contributed by atoms with Gasteiger partial charge in [-0.15, -0.1) is 0 Å². The third-order valence-electron chi connectivity index (χ3n) is 3.45. The number of carbonyl (C=O) groups excluding carboxylic acids is 3. The van der Waals surface area contributed by atoms with Crippen molar-refractivity contribution in [3.63, 3.8) is 0 Å². The van der Waals surface area contributed by atoms with E-state index >= 15 is 0 Å². The molecule has 3 rings (SSSR count). The fraction of sp³-hybridized carbons (Fsp3) is 0.118. The second kappa shape index (κ2) is 7.97. The van der Waals surface area contributed by atoms with E-state index < -0.39 is 17.1 Å². The fourth-order valence-corrected chi connectivity index (χ4v) is 3.72. The molecule has 1 aliphatic rings. The Kier molecular flexibility index (Phi) is 5.88. The number of benzene rings is 1. The van der Waals surface area contributed by atoms with E-state index in [1.54, 1.807) is 18.2 Å². The van der Waals surface area contributed by atoms with Crippen LogP contribution >= 0.6 is 50.3 Å². The lowest BCUT2D eigenvalue weighted by Gasteiger charge is -2.12. The van der Waals surface area contributed by atoms with Crippen molar-refractivity contribution < 1.29 is 18.8 Å². The summed E-state index contributed by atoms with van der Waals surface area (Å²) in [6.07, 6.45) is 1.50. The molecule has 0 spiro atoms. The Morgan fingerprint density at radius 3 is 2.65 bits per heavy atom. The van der Waals surface area contributed by atoms with Gasteiger partial charge in [0, 0.05) is 34.4 Å². The highest BCUT2D eigenvalue weighted by Gasteiger charge is 2.36. The first-order valence-corrected chi connectivity index (χ1v) is 10.1. The quantitative estimate of drug-likeness (QED) is 0.447. The number of amides is 3. The van der Waals surface area contributed by atoms with Crippen LogP contribution in [0.5, 0.6) is 0 Å². The van der Waals surface area contributed by atoms with Crippen LogP contribution in [0.4, 0.5) is 10.5 Å². The minimum Gasteiger partial charge on any atom is -0.450 e. The zero-order valence-corrected chi connectivity index (χ0v) is 18.0. The van der Waals surface area contributed by atoms with Gasteiger partial charge < -0.3 is 9.73 Å². The molecule has 3 amide bonds. The summed E-state index contributed by atoms with van der Waals surface area (Å²) >= 11 is 6.11. The number of hydrogen-bond donors (Lipinski definition) is 1. The van der Waals surface area contributed by atoms with Gasteiger partial charge in [0.1, 0.15) is 12.3 Å². The summed E-state index contributed by atoms with van der Waals surface area (Å²) in [5, 5.41) is 2.19. The summed E-state index contributed by atoms with van der Waals surface area (Å²) in [7, 11) is 0. The van der Waals surface area contributed by atoms with Crippen molar-refractivity contribution in [3.8, 4) is 0 Å². The number of furan rings is 1. The van der Waals surface area contributed by atoms with E-state index in [1.165, 1.54) is 6.08 Å². The van der Waals surface area contributed by atoms with Crippen LogP contribution < -0.4 is 5.32 Å². The van der Waals surface area contributed by atoms with Gasteiger partial charge in [-0.3, -0.25) is 19.3 Å². The Bertz CT molecular complexity index is 904. The van der Waals surface area contributed by atoms with Crippen LogP contribution in [0.1, 0.15) is 11.3 Å². The van der Waals surface area contributed by atoms with E-state index in [0.29, 0.717) is 15.2 Å². The SMILES string of the molecule is Cc1ccc(NC(=O)CN2C(=O)S/C(=C\c3cc(Br)c(I)o3)C2=O)cc1. The van der Waals surface area contributed by atoms with Crippen LogP contribution in [-0.2, 0) is 9.59 Å². The molecule has 1 N–H and O–H groups in total. The topological polar surface area (TPSA) is 79.6 Å². The average molecular weight is 547 g/mol. The van der Waals surface area contributed by atoms with Gasteiger partial charge in [-0.25, -0.2) is 0 Å². The van der Waals surface area contributed by atoms with Crippen LogP contribution in [-0.4, -0.2) is 28.5 Å². The van der Waals surface area contributed by atoms with Crippen LogP contribution in [0.3, 0.4) is 0 Å². The normalized spacial score (nSPS) is 15.8. The van der Waals surface area contributed by atoms with Gasteiger partial charge >= 0.3 is 0 Å². The molecule has 26 heavy (non-hydrogen) atoms. The van der Waals surface area contributed by atoms with Gasteiger partial charge in [0.25, 0.3) is 11.1 Å². The summed E-state index contributed by atoms with van der Waals surface area (Å²) in [5.74, 6) is -0.495. The first kappa shape index (κ1) is 19.2. The molecule has 0 aliphatic carbocycles. The zero-order chi connectivity index (χ0) is 18.8. The molecule has 2 aromatic rings. The van der Waals surface area contributed by atoms with Gasteiger partial charge in [0.15, 0.2) is 3.77 Å². The lowest BCUT2D eigenvalue weighted by atomic mass is 10.2. The number of aryl methyl sites for hydroxylation is 1. The van der Waals surface area contributed by atoms with Crippen molar-refractivity contribution in [3.05, 3.63) is 54.8 Å². The maximum absolute atomic E-state index is 12.4. The first-order valence-electron chi connectivity index (χ1n) is 7.40. The summed E-state index contributed by atoms with van der Waals surface area (Å²) in [6, 6.07) is 8.96. The molecule has 134 valence electrons. The van der Waals surface area contributed by atoms with Crippen molar-refractivity contribution in [1.82, 2.24) is 4.90 Å². The summed E-state index contributed by atoms with van der Waals surface area (Å²) < 4.78 is 6.86. The zero-order valence-electron chi connectivity index (χ0n) is 13.4. The molecule has 1 aliphatic heterocycles. The van der Waals surface area contributed by atoms with Crippen molar-refractivity contribution >= 4 is 79.1 Å². The standard InChI is InChI=1S/C17H12BrIN2O4S/c1-9-2-4-10(5-3-9)20-14(22)8-21-16(23)13(26-17(21)24)7-11-6-12(18)15(19)25-11/h2-7H,8H2,1H3,(H,20,22)/b13-7-. The predicted octanol–water partition coefficient (Wildman–Crippen LogP) is 4.63. The molecule has 1 fully saturated rings. The molecule has 0 bridgehead atoms. The second-order valence-corrected chi connectivity index (χ2v) is 8.28. The average Bonchev–Trinajstić information content (AvgIpc) is 3.03. The molecule has 0 saturated carbocycles. The number of nitrogens with one attached hydrogen (secondary N) is 1. The Labute approximate surface area is 175 Å². The highest BCUT2D eigenvalue weighted by atomic mass is 127. The molecule has 0 unspecified atom stereocenters. The van der Waals surface area contributed by atoms with Gasteiger partial charge in [0.05, 0.1) is 9.38 Å². The van der Waals surface area contributed by atoms with Crippen LogP contribution in [0.2, 0.25) is 0 Å². The van der Waals surface area contributed by atoms with Crippen molar-refractivity contribution in [2.24, 2.45) is 0 Å². The van der Waals surface area contributed by atoms with Crippen molar-refractivity contribution in [1.29, 1.82) is 0 Å². The molecule has 2 heterocycles. The van der Waals surface area contributed by atoms with E-state index in [1.807, 2.05) is 41.6 Å². The Balaban J connectivity index is 1.68. The molecule has 1 aromatic heterocycles. The number of halogens is 2. The Morgan fingerprint density at radius 2 is 2.04 bits per heavy atom. The Hall–Kier alpha value is -1.59. The maximum Gasteiger partial charge on any atom is 0.294 e. The van der Waals surface area contributed by atoms with E-state index in [-0.39, 0.29) is 11.4 Å². The van der Waals surface area contributed by atoms with Crippen LogP contribution in [0, 0.1) is 10.7 Å².